The summed E-state index contributed by atoms with van der Waals surface area (Å²) in [4.78, 5) is 35.7. The molecule has 1 heterocycles. The summed E-state index contributed by atoms with van der Waals surface area (Å²) in [5, 5.41) is 10.7. The van der Waals surface area contributed by atoms with Crippen LogP contribution in [0, 0.1) is 0 Å². The smallest absolute Gasteiger partial charge is 0.338 e. The van der Waals surface area contributed by atoms with Gasteiger partial charge in [-0.1, -0.05) is 36.4 Å². The molecule has 1 fully saturated rings. The number of aliphatic hydroxyl groups is 1. The molecule has 4 atom stereocenters. The molecule has 0 spiro atoms. The number of esters is 3. The van der Waals surface area contributed by atoms with Crippen molar-refractivity contribution in [3.8, 4) is 0 Å². The van der Waals surface area contributed by atoms with Gasteiger partial charge in [0, 0.05) is 13.3 Å². The number of hydrogen-bond donors (Lipinski definition) is 1. The van der Waals surface area contributed by atoms with E-state index in [0.717, 1.165) is 0 Å². The molecule has 1 saturated heterocycles. The Hall–Kier alpha value is -3.23. The van der Waals surface area contributed by atoms with Gasteiger partial charge in [-0.2, -0.15) is 0 Å². The number of carbonyl (C=O) groups excluding carboxylic acids is 3. The van der Waals surface area contributed by atoms with Crippen molar-refractivity contribution in [1.29, 1.82) is 0 Å². The predicted octanol–water partition coefficient (Wildman–Crippen LogP) is 2.15. The molecule has 31 heavy (non-hydrogen) atoms. The summed E-state index contributed by atoms with van der Waals surface area (Å²) in [6.45, 7) is 1.09. The normalized spacial score (nSPS) is 22.5. The molecule has 0 bridgehead atoms. The molecular weight excluding hydrogens is 404 g/mol. The largest absolute Gasteiger partial charge is 0.466 e. The molecule has 2 aromatic rings. The second-order valence-electron chi connectivity index (χ2n) is 7.03. The average Bonchev–Trinajstić information content (AvgIpc) is 3.07. The van der Waals surface area contributed by atoms with Crippen LogP contribution in [0.4, 0.5) is 0 Å². The van der Waals surface area contributed by atoms with E-state index in [1.807, 2.05) is 0 Å². The van der Waals surface area contributed by atoms with Crippen molar-refractivity contribution >= 4 is 17.9 Å². The predicted molar refractivity (Wildman–Crippen MR) is 108 cm³/mol. The van der Waals surface area contributed by atoms with Crippen LogP contribution in [-0.4, -0.2) is 60.6 Å². The van der Waals surface area contributed by atoms with Crippen LogP contribution in [-0.2, 0) is 23.7 Å². The monoisotopic (exact) mass is 428 g/mol. The Kier molecular flexibility index (Phi) is 7.75. The van der Waals surface area contributed by atoms with Crippen LogP contribution in [0.5, 0.6) is 0 Å². The van der Waals surface area contributed by atoms with Gasteiger partial charge in [-0.05, 0) is 24.3 Å². The van der Waals surface area contributed by atoms with E-state index in [1.165, 1.54) is 6.92 Å². The van der Waals surface area contributed by atoms with Gasteiger partial charge in [0.25, 0.3) is 0 Å². The molecule has 164 valence electrons. The van der Waals surface area contributed by atoms with Crippen LogP contribution in [0.25, 0.3) is 0 Å². The molecule has 1 aliphatic rings. The van der Waals surface area contributed by atoms with E-state index in [4.69, 9.17) is 18.9 Å². The van der Waals surface area contributed by atoms with Gasteiger partial charge >= 0.3 is 17.9 Å². The van der Waals surface area contributed by atoms with Gasteiger partial charge in [-0.25, -0.2) is 9.59 Å². The fourth-order valence-electron chi connectivity index (χ4n) is 3.23. The maximum Gasteiger partial charge on any atom is 0.338 e. The fraction of sp³-hybridized carbons (Fsp3) is 0.348. The Balaban J connectivity index is 1.67. The zero-order chi connectivity index (χ0) is 22.2. The van der Waals surface area contributed by atoms with Crippen LogP contribution < -0.4 is 0 Å². The molecule has 8 heteroatoms. The fourth-order valence-corrected chi connectivity index (χ4v) is 3.23. The SMILES string of the molecule is CC(=O)OCC[C@H]1O[C@@H](COC(=O)c2ccccc2)C(OC(=O)c2ccccc2)C1O. The lowest BCUT2D eigenvalue weighted by molar-refractivity contribution is -0.142. The quantitative estimate of drug-likeness (QED) is 0.503. The Morgan fingerprint density at radius 3 is 2.03 bits per heavy atom. The van der Waals surface area contributed by atoms with E-state index >= 15 is 0 Å². The highest BCUT2D eigenvalue weighted by molar-refractivity contribution is 5.90. The summed E-state index contributed by atoms with van der Waals surface area (Å²) in [5.74, 6) is -1.64. The number of rotatable bonds is 8. The van der Waals surface area contributed by atoms with E-state index in [1.54, 1.807) is 60.7 Å². The average molecular weight is 428 g/mol. The third kappa shape index (κ3) is 6.13. The van der Waals surface area contributed by atoms with Gasteiger partial charge in [0.1, 0.15) is 18.8 Å². The highest BCUT2D eigenvalue weighted by Crippen LogP contribution is 2.28. The van der Waals surface area contributed by atoms with Crippen LogP contribution in [0.3, 0.4) is 0 Å². The molecule has 2 aromatic carbocycles. The number of benzene rings is 2. The minimum Gasteiger partial charge on any atom is -0.466 e. The molecular formula is C23H24O8. The van der Waals surface area contributed by atoms with Gasteiger partial charge in [0.15, 0.2) is 6.10 Å². The lowest BCUT2D eigenvalue weighted by Crippen LogP contribution is -2.39. The third-order valence-electron chi connectivity index (χ3n) is 4.78. The number of aliphatic hydroxyl groups excluding tert-OH is 1. The second kappa shape index (κ2) is 10.7. The summed E-state index contributed by atoms with van der Waals surface area (Å²) in [6.07, 6.45) is -3.67. The Labute approximate surface area is 179 Å². The van der Waals surface area contributed by atoms with E-state index in [0.29, 0.717) is 11.1 Å². The van der Waals surface area contributed by atoms with Crippen molar-refractivity contribution in [1.82, 2.24) is 0 Å². The molecule has 2 unspecified atom stereocenters. The molecule has 3 rings (SSSR count). The maximum atomic E-state index is 12.5. The second-order valence-corrected chi connectivity index (χ2v) is 7.03. The standard InChI is InChI=1S/C23H24O8/c1-15(24)28-13-12-18-20(25)21(31-23(27)17-10-6-3-7-11-17)19(30-18)14-29-22(26)16-8-4-2-5-9-16/h2-11,18-21,25H,12-14H2,1H3/t18-,19+,20?,21?/m1/s1. The first-order chi connectivity index (χ1) is 15.0. The zero-order valence-corrected chi connectivity index (χ0v) is 17.0. The topological polar surface area (TPSA) is 108 Å². The summed E-state index contributed by atoms with van der Waals surface area (Å²) >= 11 is 0. The summed E-state index contributed by atoms with van der Waals surface area (Å²) in [5.41, 5.74) is 0.684. The maximum absolute atomic E-state index is 12.5. The Bertz CT molecular complexity index is 883. The summed E-state index contributed by atoms with van der Waals surface area (Å²) in [7, 11) is 0. The minimum atomic E-state index is -1.18. The molecule has 0 saturated carbocycles. The third-order valence-corrected chi connectivity index (χ3v) is 4.78. The molecule has 0 radical (unpaired) electrons. The lowest BCUT2D eigenvalue weighted by Gasteiger charge is -2.21. The number of hydrogen-bond acceptors (Lipinski definition) is 8. The van der Waals surface area contributed by atoms with E-state index < -0.39 is 42.3 Å². The first kappa shape index (κ1) is 22.5. The van der Waals surface area contributed by atoms with Gasteiger partial charge in [-0.15, -0.1) is 0 Å². The number of ether oxygens (including phenoxy) is 4. The van der Waals surface area contributed by atoms with Crippen molar-refractivity contribution in [3.05, 3.63) is 71.8 Å². The van der Waals surface area contributed by atoms with Crippen molar-refractivity contribution in [2.45, 2.75) is 37.8 Å². The lowest BCUT2D eigenvalue weighted by atomic mass is 10.1. The van der Waals surface area contributed by atoms with Crippen molar-refractivity contribution in [2.24, 2.45) is 0 Å². The molecule has 8 nitrogen and oxygen atoms in total. The molecule has 0 aliphatic carbocycles. The van der Waals surface area contributed by atoms with Crippen molar-refractivity contribution < 1.29 is 38.4 Å². The molecule has 1 N–H and O–H groups in total. The van der Waals surface area contributed by atoms with Gasteiger partial charge in [0.2, 0.25) is 0 Å². The molecule has 0 aromatic heterocycles. The van der Waals surface area contributed by atoms with Crippen LogP contribution in [0.1, 0.15) is 34.1 Å². The first-order valence-corrected chi connectivity index (χ1v) is 9.91. The molecule has 1 aliphatic heterocycles. The van der Waals surface area contributed by atoms with Gasteiger partial charge in [-0.3, -0.25) is 4.79 Å². The highest BCUT2D eigenvalue weighted by Gasteiger charge is 2.46. The Morgan fingerprint density at radius 2 is 1.45 bits per heavy atom. The van der Waals surface area contributed by atoms with E-state index in [-0.39, 0.29) is 19.6 Å². The minimum absolute atomic E-state index is 0.0347. The highest BCUT2D eigenvalue weighted by atomic mass is 16.6. The Morgan fingerprint density at radius 1 is 0.871 bits per heavy atom. The number of carbonyl (C=O) groups is 3. The van der Waals surface area contributed by atoms with Gasteiger partial charge in [0.05, 0.1) is 23.8 Å². The van der Waals surface area contributed by atoms with E-state index in [2.05, 4.69) is 0 Å². The summed E-state index contributed by atoms with van der Waals surface area (Å²) in [6, 6.07) is 16.8. The zero-order valence-electron chi connectivity index (χ0n) is 17.0. The van der Waals surface area contributed by atoms with Crippen LogP contribution in [0.2, 0.25) is 0 Å². The first-order valence-electron chi connectivity index (χ1n) is 9.91. The van der Waals surface area contributed by atoms with Crippen LogP contribution >= 0.6 is 0 Å². The van der Waals surface area contributed by atoms with Crippen molar-refractivity contribution in [2.75, 3.05) is 13.2 Å². The summed E-state index contributed by atoms with van der Waals surface area (Å²) < 4.78 is 21.5. The van der Waals surface area contributed by atoms with Gasteiger partial charge < -0.3 is 24.1 Å². The van der Waals surface area contributed by atoms with Crippen molar-refractivity contribution in [3.63, 3.8) is 0 Å². The van der Waals surface area contributed by atoms with Crippen LogP contribution in [0.15, 0.2) is 60.7 Å². The van der Waals surface area contributed by atoms with E-state index in [9.17, 15) is 19.5 Å². The molecule has 0 amide bonds.